The Morgan fingerprint density at radius 1 is 1.36 bits per heavy atom. The van der Waals surface area contributed by atoms with E-state index in [-0.39, 0.29) is 0 Å². The lowest BCUT2D eigenvalue weighted by Gasteiger charge is -2.15. The van der Waals surface area contributed by atoms with E-state index in [2.05, 4.69) is 27.5 Å². The molecule has 8 nitrogen and oxygen atoms in total. The highest BCUT2D eigenvalue weighted by atomic mass is 19.4. The summed E-state index contributed by atoms with van der Waals surface area (Å²) in [7, 11) is 5.73. The number of aromatic amines is 1. The zero-order valence-corrected chi connectivity index (χ0v) is 16.0. The maximum Gasteiger partial charge on any atom is 0.490 e. The van der Waals surface area contributed by atoms with Crippen molar-refractivity contribution in [2.45, 2.75) is 12.7 Å². The lowest BCUT2D eigenvalue weighted by atomic mass is 10.2. The van der Waals surface area contributed by atoms with Gasteiger partial charge in [0, 0.05) is 32.1 Å². The van der Waals surface area contributed by atoms with E-state index in [0.29, 0.717) is 13.2 Å². The number of fused-ring (bicyclic) bond motifs is 1. The number of nitrogens with one attached hydrogen (secondary N) is 2. The number of halogens is 3. The summed E-state index contributed by atoms with van der Waals surface area (Å²) in [6, 6.07) is 5.95. The summed E-state index contributed by atoms with van der Waals surface area (Å²) in [5.41, 5.74) is 2.08. The molecule has 0 saturated heterocycles. The van der Waals surface area contributed by atoms with Gasteiger partial charge in [0.2, 0.25) is 0 Å². The molecule has 0 spiro atoms. The molecule has 2 aromatic rings. The van der Waals surface area contributed by atoms with Gasteiger partial charge in [-0.25, -0.2) is 4.79 Å². The summed E-state index contributed by atoms with van der Waals surface area (Å²) in [5.74, 6) is -1.91. The third-order valence-electron chi connectivity index (χ3n) is 3.57. The zero-order valence-electron chi connectivity index (χ0n) is 16.0. The number of carbonyl (C=O) groups is 1. The summed E-state index contributed by atoms with van der Waals surface area (Å²) >= 11 is 0. The third kappa shape index (κ3) is 8.11. The number of alkyl halides is 3. The Bertz CT molecular complexity index is 737. The number of ether oxygens (including phenoxy) is 2. The van der Waals surface area contributed by atoms with E-state index >= 15 is 0 Å². The maximum atomic E-state index is 10.6. The van der Waals surface area contributed by atoms with Crippen molar-refractivity contribution in [2.75, 3.05) is 47.5 Å². The Hall–Kier alpha value is -2.37. The Labute approximate surface area is 160 Å². The summed E-state index contributed by atoms with van der Waals surface area (Å²) in [6.45, 7) is 3.93. The molecule has 0 aliphatic heterocycles. The molecule has 0 radical (unpaired) electrons. The molecule has 0 atom stereocenters. The third-order valence-corrected chi connectivity index (χ3v) is 3.57. The largest absolute Gasteiger partial charge is 0.491 e. The van der Waals surface area contributed by atoms with Crippen molar-refractivity contribution < 1.29 is 32.5 Å². The highest BCUT2D eigenvalue weighted by molar-refractivity contribution is 5.82. The number of hydrogen-bond acceptors (Lipinski definition) is 6. The fourth-order valence-corrected chi connectivity index (χ4v) is 2.15. The molecule has 0 fully saturated rings. The summed E-state index contributed by atoms with van der Waals surface area (Å²) in [5, 5.41) is 18.9. The van der Waals surface area contributed by atoms with Crippen molar-refractivity contribution in [3.8, 4) is 5.75 Å². The molecule has 11 heteroatoms. The molecule has 1 aromatic carbocycles. The quantitative estimate of drug-likeness (QED) is 0.547. The molecular weight excluding hydrogens is 381 g/mol. The number of aromatic nitrogens is 2. The van der Waals surface area contributed by atoms with E-state index in [1.807, 2.05) is 25.2 Å². The maximum absolute atomic E-state index is 10.6. The molecule has 1 aromatic heterocycles. The first-order valence-electron chi connectivity index (χ1n) is 8.41. The molecule has 3 N–H and O–H groups in total. The average molecular weight is 406 g/mol. The van der Waals surface area contributed by atoms with Crippen molar-refractivity contribution in [2.24, 2.45) is 0 Å². The first-order chi connectivity index (χ1) is 13.2. The normalized spacial score (nSPS) is 11.4. The van der Waals surface area contributed by atoms with Gasteiger partial charge in [0.1, 0.15) is 12.4 Å². The molecule has 0 bridgehead atoms. The Morgan fingerprint density at radius 2 is 2.04 bits per heavy atom. The predicted molar refractivity (Wildman–Crippen MR) is 97.4 cm³/mol. The summed E-state index contributed by atoms with van der Waals surface area (Å²) < 4.78 is 42.4. The number of H-pyrrole nitrogens is 1. The van der Waals surface area contributed by atoms with Gasteiger partial charge in [-0.2, -0.15) is 18.3 Å². The second kappa shape index (κ2) is 11.5. The topological polar surface area (TPSA) is 99.7 Å². The van der Waals surface area contributed by atoms with Crippen LogP contribution in [0, 0.1) is 0 Å². The number of hydrogen-bond donors (Lipinski definition) is 3. The predicted octanol–water partition coefficient (Wildman–Crippen LogP) is 1.87. The Kier molecular flexibility index (Phi) is 9.69. The first kappa shape index (κ1) is 23.7. The van der Waals surface area contributed by atoms with Crippen LogP contribution in [0.5, 0.6) is 5.75 Å². The Balaban J connectivity index is 0.000000480. The van der Waals surface area contributed by atoms with E-state index in [1.54, 1.807) is 7.11 Å². The van der Waals surface area contributed by atoms with Crippen LogP contribution in [-0.4, -0.2) is 79.9 Å². The lowest BCUT2D eigenvalue weighted by molar-refractivity contribution is -0.192. The van der Waals surface area contributed by atoms with Crippen LogP contribution >= 0.6 is 0 Å². The van der Waals surface area contributed by atoms with E-state index in [1.165, 1.54) is 0 Å². The smallest absolute Gasteiger partial charge is 0.490 e. The van der Waals surface area contributed by atoms with Crippen molar-refractivity contribution >= 4 is 16.9 Å². The van der Waals surface area contributed by atoms with Gasteiger partial charge >= 0.3 is 12.1 Å². The fraction of sp³-hybridized carbons (Fsp3) is 0.529. The van der Waals surface area contributed by atoms with Gasteiger partial charge < -0.3 is 19.9 Å². The minimum absolute atomic E-state index is 0.553. The van der Waals surface area contributed by atoms with Crippen molar-refractivity contribution in [1.82, 2.24) is 20.4 Å². The van der Waals surface area contributed by atoms with Crippen LogP contribution in [0.3, 0.4) is 0 Å². The molecular formula is C17H25F3N4O4. The highest BCUT2D eigenvalue weighted by Crippen LogP contribution is 2.23. The van der Waals surface area contributed by atoms with Crippen molar-refractivity contribution in [3.63, 3.8) is 0 Å². The van der Waals surface area contributed by atoms with Crippen LogP contribution in [0.1, 0.15) is 5.69 Å². The molecule has 1 heterocycles. The van der Waals surface area contributed by atoms with Gasteiger partial charge in [-0.3, -0.25) is 10.00 Å². The second-order valence-electron chi connectivity index (χ2n) is 5.87. The SMILES string of the molecule is CNCCN(C)Cc1[nH]nc2ccc(OCCOC)cc12.O=C(O)C(F)(F)F. The summed E-state index contributed by atoms with van der Waals surface area (Å²) in [6.07, 6.45) is -5.08. The Morgan fingerprint density at radius 3 is 2.61 bits per heavy atom. The number of rotatable bonds is 9. The molecule has 158 valence electrons. The standard InChI is InChI=1S/C15H24N4O2.C2HF3O2/c1-16-6-7-19(2)11-15-13-10-12(21-9-8-20-3)4-5-14(13)17-18-15;3-2(4,5)1(6)7/h4-5,10,16H,6-9,11H2,1-3H3,(H,17,18);(H,6,7). The van der Waals surface area contributed by atoms with Gasteiger partial charge in [0.15, 0.2) is 0 Å². The fourth-order valence-electron chi connectivity index (χ4n) is 2.15. The molecule has 0 saturated carbocycles. The van der Waals surface area contributed by atoms with Crippen LogP contribution in [0.2, 0.25) is 0 Å². The van der Waals surface area contributed by atoms with E-state index < -0.39 is 12.1 Å². The number of nitrogens with zero attached hydrogens (tertiary/aromatic N) is 2. The number of methoxy groups -OCH3 is 1. The van der Waals surface area contributed by atoms with Gasteiger partial charge in [0.25, 0.3) is 0 Å². The van der Waals surface area contributed by atoms with Gasteiger partial charge in [-0.15, -0.1) is 0 Å². The van der Waals surface area contributed by atoms with Gasteiger partial charge in [0.05, 0.1) is 17.8 Å². The number of carboxylic acid groups (broad SMARTS) is 1. The van der Waals surface area contributed by atoms with E-state index in [4.69, 9.17) is 19.4 Å². The minimum Gasteiger partial charge on any atom is -0.491 e. The molecule has 0 unspecified atom stereocenters. The molecule has 0 amide bonds. The average Bonchev–Trinajstić information content (AvgIpc) is 3.02. The molecule has 2 rings (SSSR count). The van der Waals surface area contributed by atoms with Crippen LogP contribution < -0.4 is 10.1 Å². The zero-order chi connectivity index (χ0) is 21.2. The van der Waals surface area contributed by atoms with Crippen molar-refractivity contribution in [3.05, 3.63) is 23.9 Å². The number of likely N-dealkylation sites (N-methyl/N-ethyl adjacent to an activating group) is 2. The number of aliphatic carboxylic acids is 1. The van der Waals surface area contributed by atoms with E-state index in [0.717, 1.165) is 42.0 Å². The first-order valence-corrected chi connectivity index (χ1v) is 8.41. The summed E-state index contributed by atoms with van der Waals surface area (Å²) in [4.78, 5) is 11.1. The number of carboxylic acids is 1. The van der Waals surface area contributed by atoms with E-state index in [9.17, 15) is 13.2 Å². The van der Waals surface area contributed by atoms with Gasteiger partial charge in [-0.1, -0.05) is 0 Å². The number of benzene rings is 1. The van der Waals surface area contributed by atoms with Crippen LogP contribution in [-0.2, 0) is 16.1 Å². The van der Waals surface area contributed by atoms with Crippen LogP contribution in [0.15, 0.2) is 18.2 Å². The van der Waals surface area contributed by atoms with Crippen LogP contribution in [0.4, 0.5) is 13.2 Å². The molecule has 28 heavy (non-hydrogen) atoms. The van der Waals surface area contributed by atoms with Crippen molar-refractivity contribution in [1.29, 1.82) is 0 Å². The van der Waals surface area contributed by atoms with Gasteiger partial charge in [-0.05, 0) is 32.3 Å². The monoisotopic (exact) mass is 406 g/mol. The molecule has 0 aliphatic carbocycles. The minimum atomic E-state index is -5.08. The molecule has 0 aliphatic rings. The highest BCUT2D eigenvalue weighted by Gasteiger charge is 2.38. The second-order valence-corrected chi connectivity index (χ2v) is 5.87. The lowest BCUT2D eigenvalue weighted by Crippen LogP contribution is -2.27. The van der Waals surface area contributed by atoms with Crippen LogP contribution in [0.25, 0.3) is 10.9 Å².